The summed E-state index contributed by atoms with van der Waals surface area (Å²) in [6.07, 6.45) is -0.279. The number of morpholine rings is 1. The van der Waals surface area contributed by atoms with Crippen LogP contribution in [-0.2, 0) is 4.74 Å². The lowest BCUT2D eigenvalue weighted by molar-refractivity contribution is 0.00338. The molecule has 1 fully saturated rings. The fourth-order valence-electron chi connectivity index (χ4n) is 3.24. The van der Waals surface area contributed by atoms with Crippen molar-refractivity contribution in [2.45, 2.75) is 6.10 Å². The topological polar surface area (TPSA) is 58.5 Å². The molecule has 0 bridgehead atoms. The highest BCUT2D eigenvalue weighted by Gasteiger charge is 2.26. The summed E-state index contributed by atoms with van der Waals surface area (Å²) in [5.74, 6) is 0.650. The molecule has 1 atom stereocenters. The quantitative estimate of drug-likeness (QED) is 0.608. The number of nitrogens with zero attached hydrogens (tertiary/aromatic N) is 3. The zero-order valence-electron chi connectivity index (χ0n) is 15.4. The van der Waals surface area contributed by atoms with Gasteiger partial charge in [0.25, 0.3) is 0 Å². The summed E-state index contributed by atoms with van der Waals surface area (Å²) < 4.78 is 5.57. The van der Waals surface area contributed by atoms with E-state index < -0.39 is 0 Å². The zero-order valence-corrected chi connectivity index (χ0v) is 17.6. The van der Waals surface area contributed by atoms with E-state index in [-0.39, 0.29) is 12.7 Å². The van der Waals surface area contributed by atoms with Gasteiger partial charge in [-0.1, -0.05) is 59.1 Å². The minimum absolute atomic E-state index is 0.0587. The van der Waals surface area contributed by atoms with Gasteiger partial charge in [0.2, 0.25) is 0 Å². The van der Waals surface area contributed by atoms with Crippen LogP contribution < -0.4 is 4.90 Å². The van der Waals surface area contributed by atoms with E-state index >= 15 is 0 Å². The minimum Gasteiger partial charge on any atom is -0.394 e. The molecule has 2 heterocycles. The van der Waals surface area contributed by atoms with E-state index in [1.165, 1.54) is 0 Å². The highest BCUT2D eigenvalue weighted by Crippen LogP contribution is 2.35. The molecule has 2 aromatic carbocycles. The Hall–Kier alpha value is -1.89. The normalized spacial score (nSPS) is 16.8. The molecular weight excluding hydrogens is 433 g/mol. The van der Waals surface area contributed by atoms with E-state index in [9.17, 15) is 5.11 Å². The number of benzene rings is 2. The van der Waals surface area contributed by atoms with E-state index in [4.69, 9.17) is 44.5 Å². The largest absolute Gasteiger partial charge is 0.394 e. The van der Waals surface area contributed by atoms with Gasteiger partial charge in [-0.25, -0.2) is 9.97 Å². The number of anilines is 1. The van der Waals surface area contributed by atoms with E-state index in [0.29, 0.717) is 52.1 Å². The maximum Gasteiger partial charge on any atom is 0.157 e. The van der Waals surface area contributed by atoms with Crippen LogP contribution >= 0.6 is 34.8 Å². The second kappa shape index (κ2) is 8.86. The highest BCUT2D eigenvalue weighted by atomic mass is 35.5. The van der Waals surface area contributed by atoms with Crippen molar-refractivity contribution in [3.05, 3.63) is 63.7 Å². The monoisotopic (exact) mass is 449 g/mol. The number of halogens is 3. The van der Waals surface area contributed by atoms with Crippen LogP contribution in [0.15, 0.2) is 48.5 Å². The summed E-state index contributed by atoms with van der Waals surface area (Å²) in [7, 11) is 0. The predicted molar refractivity (Wildman–Crippen MR) is 117 cm³/mol. The molecule has 0 spiro atoms. The number of aromatic nitrogens is 2. The van der Waals surface area contributed by atoms with Crippen LogP contribution in [0.4, 0.5) is 5.82 Å². The number of hydrogen-bond acceptors (Lipinski definition) is 5. The minimum atomic E-state index is -0.279. The molecule has 5 nitrogen and oxygen atoms in total. The second-order valence-corrected chi connectivity index (χ2v) is 7.90. The summed E-state index contributed by atoms with van der Waals surface area (Å²) in [6, 6.07) is 14.7. The van der Waals surface area contributed by atoms with Crippen LogP contribution in [0.2, 0.25) is 15.2 Å². The van der Waals surface area contributed by atoms with Gasteiger partial charge in [0.1, 0.15) is 11.4 Å². The van der Waals surface area contributed by atoms with E-state index in [0.717, 1.165) is 11.1 Å². The van der Waals surface area contributed by atoms with Crippen molar-refractivity contribution in [1.82, 2.24) is 9.97 Å². The van der Waals surface area contributed by atoms with Gasteiger partial charge in [-0.3, -0.25) is 0 Å². The maximum absolute atomic E-state index is 9.50. The Kier molecular flexibility index (Phi) is 6.23. The number of rotatable bonds is 4. The molecule has 1 unspecified atom stereocenters. The van der Waals surface area contributed by atoms with Crippen LogP contribution in [-0.4, -0.2) is 47.5 Å². The van der Waals surface area contributed by atoms with Crippen LogP contribution in [0.1, 0.15) is 0 Å². The van der Waals surface area contributed by atoms with Gasteiger partial charge in [-0.05, 0) is 24.3 Å². The highest BCUT2D eigenvalue weighted by molar-refractivity contribution is 6.32. The molecule has 3 aromatic rings. The third-order valence-electron chi connectivity index (χ3n) is 4.71. The molecule has 0 aliphatic carbocycles. The Bertz CT molecular complexity index is 997. The molecule has 1 aromatic heterocycles. The lowest BCUT2D eigenvalue weighted by atomic mass is 10.1. The number of hydrogen-bond donors (Lipinski definition) is 1. The molecule has 0 saturated carbocycles. The smallest absolute Gasteiger partial charge is 0.157 e. The van der Waals surface area contributed by atoms with Gasteiger partial charge < -0.3 is 14.7 Å². The van der Waals surface area contributed by atoms with Gasteiger partial charge in [-0.2, -0.15) is 0 Å². The maximum atomic E-state index is 9.50. The first-order valence-corrected chi connectivity index (χ1v) is 10.3. The van der Waals surface area contributed by atoms with Gasteiger partial charge in [0.05, 0.1) is 19.3 Å². The summed E-state index contributed by atoms with van der Waals surface area (Å²) in [5.41, 5.74) is 2.96. The molecule has 1 N–H and O–H groups in total. The van der Waals surface area contributed by atoms with Crippen LogP contribution in [0.25, 0.3) is 22.5 Å². The van der Waals surface area contributed by atoms with E-state index in [2.05, 4.69) is 4.98 Å². The summed E-state index contributed by atoms with van der Waals surface area (Å²) in [5, 5.41) is 11.1. The molecule has 4 rings (SSSR count). The van der Waals surface area contributed by atoms with Gasteiger partial charge in [0, 0.05) is 34.3 Å². The van der Waals surface area contributed by atoms with Crippen molar-refractivity contribution in [3.8, 4) is 22.5 Å². The Morgan fingerprint density at radius 3 is 2.07 bits per heavy atom. The molecule has 8 heteroatoms. The summed E-state index contributed by atoms with van der Waals surface area (Å²) in [6.45, 7) is 1.56. The standard InChI is InChI=1S/C21H18Cl3N3O2/c22-15-5-1-13(2-6-15)18-20(24)26-21(27-9-10-29-17(11-27)12-28)19(25-18)14-3-7-16(23)8-4-14/h1-8,17,28H,9-12H2. The average molecular weight is 451 g/mol. The number of aliphatic hydroxyl groups is 1. The van der Waals surface area contributed by atoms with Crippen LogP contribution in [0.5, 0.6) is 0 Å². The second-order valence-electron chi connectivity index (χ2n) is 6.67. The number of aliphatic hydroxyl groups excluding tert-OH is 1. The van der Waals surface area contributed by atoms with Crippen LogP contribution in [0.3, 0.4) is 0 Å². The SMILES string of the molecule is OCC1CN(c2nc(Cl)c(-c3ccc(Cl)cc3)nc2-c2ccc(Cl)cc2)CCO1. The average Bonchev–Trinajstić information content (AvgIpc) is 2.75. The Morgan fingerprint density at radius 1 is 0.897 bits per heavy atom. The molecule has 1 aliphatic heterocycles. The fraction of sp³-hybridized carbons (Fsp3) is 0.238. The van der Waals surface area contributed by atoms with Crippen molar-refractivity contribution < 1.29 is 9.84 Å². The molecular formula is C21H18Cl3N3O2. The molecule has 150 valence electrons. The van der Waals surface area contributed by atoms with Crippen molar-refractivity contribution in [2.24, 2.45) is 0 Å². The van der Waals surface area contributed by atoms with Gasteiger partial charge in [0.15, 0.2) is 11.0 Å². The van der Waals surface area contributed by atoms with Crippen molar-refractivity contribution in [3.63, 3.8) is 0 Å². The van der Waals surface area contributed by atoms with E-state index in [1.54, 1.807) is 12.1 Å². The van der Waals surface area contributed by atoms with Gasteiger partial charge >= 0.3 is 0 Å². The van der Waals surface area contributed by atoms with E-state index in [1.807, 2.05) is 41.3 Å². The first-order chi connectivity index (χ1) is 14.0. The lowest BCUT2D eigenvalue weighted by Gasteiger charge is -2.34. The molecule has 0 amide bonds. The third-order valence-corrected chi connectivity index (χ3v) is 5.48. The third kappa shape index (κ3) is 4.49. The summed E-state index contributed by atoms with van der Waals surface area (Å²) >= 11 is 18.6. The molecule has 29 heavy (non-hydrogen) atoms. The Balaban J connectivity index is 1.84. The molecule has 1 saturated heterocycles. The lowest BCUT2D eigenvalue weighted by Crippen LogP contribution is -2.44. The van der Waals surface area contributed by atoms with Gasteiger partial charge in [-0.15, -0.1) is 0 Å². The predicted octanol–water partition coefficient (Wildman–Crippen LogP) is 4.97. The van der Waals surface area contributed by atoms with Crippen LogP contribution in [0, 0.1) is 0 Å². The van der Waals surface area contributed by atoms with Crippen molar-refractivity contribution in [1.29, 1.82) is 0 Å². The van der Waals surface area contributed by atoms with Crippen molar-refractivity contribution >= 4 is 40.6 Å². The Morgan fingerprint density at radius 2 is 1.48 bits per heavy atom. The first kappa shape index (κ1) is 20.4. The zero-order chi connectivity index (χ0) is 20.4. The molecule has 0 radical (unpaired) electrons. The fourth-order valence-corrected chi connectivity index (χ4v) is 3.73. The summed E-state index contributed by atoms with van der Waals surface area (Å²) in [4.78, 5) is 11.6. The molecule has 1 aliphatic rings. The number of ether oxygens (including phenoxy) is 1. The first-order valence-electron chi connectivity index (χ1n) is 9.12. The Labute approximate surface area is 183 Å². The van der Waals surface area contributed by atoms with Crippen molar-refractivity contribution in [2.75, 3.05) is 31.2 Å².